The van der Waals surface area contributed by atoms with E-state index in [0.717, 1.165) is 0 Å². The number of esters is 2. The van der Waals surface area contributed by atoms with Crippen LogP contribution in [-0.2, 0) is 23.9 Å². The number of ether oxygens (including phenoxy) is 2. The maximum Gasteiger partial charge on any atom is 0.334 e. The molecule has 0 radical (unpaired) electrons. The standard InChI is InChI=1S/C20H28O6/c1-11(2)8-17(22)25-15-10-20(5,24)16(21)7-6-12(3)9-14-18(15)13(4)19(23)26-14/h6-7,11-12,14-15,18,24H,4,8-10H2,1-3,5H3/b7-6-/t12-,14+,15+,18-,20+/m0/s1. The minimum absolute atomic E-state index is 0.0499. The van der Waals surface area contributed by atoms with Crippen LogP contribution in [0.25, 0.3) is 0 Å². The zero-order valence-electron chi connectivity index (χ0n) is 15.9. The lowest BCUT2D eigenvalue weighted by Gasteiger charge is -2.33. The van der Waals surface area contributed by atoms with Crippen LogP contribution in [0.3, 0.4) is 0 Å². The number of aliphatic hydroxyl groups is 1. The molecule has 0 spiro atoms. The van der Waals surface area contributed by atoms with Gasteiger partial charge >= 0.3 is 11.9 Å². The minimum Gasteiger partial charge on any atom is -0.461 e. The second-order valence-corrected chi connectivity index (χ2v) is 8.04. The van der Waals surface area contributed by atoms with Gasteiger partial charge in [0.25, 0.3) is 0 Å². The van der Waals surface area contributed by atoms with Gasteiger partial charge in [0.1, 0.15) is 17.8 Å². The fourth-order valence-corrected chi connectivity index (χ4v) is 3.47. The molecule has 1 aliphatic heterocycles. The zero-order chi connectivity index (χ0) is 19.6. The Morgan fingerprint density at radius 1 is 1.46 bits per heavy atom. The second-order valence-electron chi connectivity index (χ2n) is 8.04. The number of ketones is 1. The molecule has 0 aromatic carbocycles. The molecule has 1 aliphatic carbocycles. The Bertz CT molecular complexity index is 630. The molecule has 1 heterocycles. The van der Waals surface area contributed by atoms with Gasteiger partial charge in [0.2, 0.25) is 0 Å². The molecule has 1 N–H and O–H groups in total. The van der Waals surface area contributed by atoms with Crippen LogP contribution in [-0.4, -0.2) is 40.6 Å². The Morgan fingerprint density at radius 2 is 2.12 bits per heavy atom. The van der Waals surface area contributed by atoms with E-state index in [1.54, 1.807) is 6.08 Å². The maximum absolute atomic E-state index is 12.3. The van der Waals surface area contributed by atoms with Crippen molar-refractivity contribution < 1.29 is 29.0 Å². The highest BCUT2D eigenvalue weighted by Crippen LogP contribution is 2.38. The van der Waals surface area contributed by atoms with Gasteiger partial charge in [0, 0.05) is 18.4 Å². The average molecular weight is 364 g/mol. The Hall–Kier alpha value is -1.95. The van der Waals surface area contributed by atoms with Crippen molar-refractivity contribution in [2.75, 3.05) is 0 Å². The molecule has 1 saturated heterocycles. The van der Waals surface area contributed by atoms with E-state index in [1.165, 1.54) is 13.0 Å². The van der Waals surface area contributed by atoms with Gasteiger partial charge < -0.3 is 14.6 Å². The molecule has 26 heavy (non-hydrogen) atoms. The molecule has 0 aromatic heterocycles. The summed E-state index contributed by atoms with van der Waals surface area (Å²) in [6.07, 6.45) is 2.27. The third kappa shape index (κ3) is 4.61. The summed E-state index contributed by atoms with van der Waals surface area (Å²) in [5, 5.41) is 10.6. The molecule has 1 fully saturated rings. The maximum atomic E-state index is 12.3. The molecular weight excluding hydrogens is 336 g/mol. The number of hydrogen-bond acceptors (Lipinski definition) is 6. The van der Waals surface area contributed by atoms with E-state index in [9.17, 15) is 19.5 Å². The third-order valence-electron chi connectivity index (χ3n) is 4.89. The van der Waals surface area contributed by atoms with Gasteiger partial charge in [-0.1, -0.05) is 33.4 Å². The molecule has 2 rings (SSSR count). The molecule has 0 saturated carbocycles. The fourth-order valence-electron chi connectivity index (χ4n) is 3.47. The number of fused-ring (bicyclic) bond motifs is 1. The summed E-state index contributed by atoms with van der Waals surface area (Å²) in [6.45, 7) is 10.9. The van der Waals surface area contributed by atoms with E-state index in [4.69, 9.17) is 9.47 Å². The van der Waals surface area contributed by atoms with Crippen LogP contribution >= 0.6 is 0 Å². The Balaban J connectivity index is 2.39. The van der Waals surface area contributed by atoms with E-state index < -0.39 is 41.4 Å². The summed E-state index contributed by atoms with van der Waals surface area (Å²) >= 11 is 0. The van der Waals surface area contributed by atoms with Crippen molar-refractivity contribution in [1.82, 2.24) is 0 Å². The largest absolute Gasteiger partial charge is 0.461 e. The molecule has 6 nitrogen and oxygen atoms in total. The number of carbonyl (C=O) groups is 3. The van der Waals surface area contributed by atoms with Crippen molar-refractivity contribution in [3.8, 4) is 0 Å². The second kappa shape index (κ2) is 7.74. The first kappa shape index (κ1) is 20.4. The summed E-state index contributed by atoms with van der Waals surface area (Å²) in [5.41, 5.74) is -1.50. The smallest absolute Gasteiger partial charge is 0.334 e. The molecule has 0 bridgehead atoms. The quantitative estimate of drug-likeness (QED) is 0.611. The van der Waals surface area contributed by atoms with Gasteiger partial charge in [-0.2, -0.15) is 0 Å². The molecule has 5 atom stereocenters. The number of carbonyl (C=O) groups excluding carboxylic acids is 3. The topological polar surface area (TPSA) is 89.9 Å². The molecular formula is C20H28O6. The lowest BCUT2D eigenvalue weighted by atomic mass is 9.79. The number of hydrogen-bond donors (Lipinski definition) is 1. The van der Waals surface area contributed by atoms with E-state index in [0.29, 0.717) is 6.42 Å². The van der Waals surface area contributed by atoms with Crippen LogP contribution in [0, 0.1) is 17.8 Å². The first-order valence-electron chi connectivity index (χ1n) is 9.05. The van der Waals surface area contributed by atoms with E-state index >= 15 is 0 Å². The lowest BCUT2D eigenvalue weighted by molar-refractivity contribution is -0.160. The summed E-state index contributed by atoms with van der Waals surface area (Å²) < 4.78 is 11.1. The van der Waals surface area contributed by atoms with Crippen molar-refractivity contribution in [3.63, 3.8) is 0 Å². The first-order valence-corrected chi connectivity index (χ1v) is 9.05. The van der Waals surface area contributed by atoms with Gasteiger partial charge in [-0.15, -0.1) is 0 Å². The van der Waals surface area contributed by atoms with Crippen LogP contribution in [0.4, 0.5) is 0 Å². The van der Waals surface area contributed by atoms with Gasteiger partial charge in [0.15, 0.2) is 5.78 Å². The number of rotatable bonds is 3. The van der Waals surface area contributed by atoms with Crippen LogP contribution in [0.15, 0.2) is 24.3 Å². The van der Waals surface area contributed by atoms with E-state index in [1.807, 2.05) is 20.8 Å². The highest BCUT2D eigenvalue weighted by atomic mass is 16.6. The van der Waals surface area contributed by atoms with Gasteiger partial charge in [-0.3, -0.25) is 9.59 Å². The summed E-state index contributed by atoms with van der Waals surface area (Å²) in [4.78, 5) is 36.7. The van der Waals surface area contributed by atoms with E-state index in [-0.39, 0.29) is 30.3 Å². The third-order valence-corrected chi connectivity index (χ3v) is 4.89. The van der Waals surface area contributed by atoms with Crippen molar-refractivity contribution in [3.05, 3.63) is 24.3 Å². The monoisotopic (exact) mass is 364 g/mol. The first-order chi connectivity index (χ1) is 12.0. The minimum atomic E-state index is -1.72. The Labute approximate surface area is 154 Å². The molecule has 0 unspecified atom stereocenters. The van der Waals surface area contributed by atoms with Crippen molar-refractivity contribution >= 4 is 17.7 Å². The van der Waals surface area contributed by atoms with Gasteiger partial charge in [-0.05, 0) is 31.3 Å². The molecule has 6 heteroatoms. The van der Waals surface area contributed by atoms with Crippen molar-refractivity contribution in [1.29, 1.82) is 0 Å². The van der Waals surface area contributed by atoms with Crippen molar-refractivity contribution in [2.24, 2.45) is 17.8 Å². The Morgan fingerprint density at radius 3 is 2.73 bits per heavy atom. The normalized spacial score (nSPS) is 36.5. The predicted octanol–water partition coefficient (Wildman–Crippen LogP) is 2.35. The summed E-state index contributed by atoms with van der Waals surface area (Å²) in [6, 6.07) is 0. The zero-order valence-corrected chi connectivity index (χ0v) is 15.9. The summed E-state index contributed by atoms with van der Waals surface area (Å²) in [5.74, 6) is -1.93. The van der Waals surface area contributed by atoms with Crippen LogP contribution in [0.5, 0.6) is 0 Å². The Kier molecular flexibility index (Phi) is 6.06. The predicted molar refractivity (Wildman–Crippen MR) is 95.0 cm³/mol. The SMILES string of the molecule is C=C1C(=O)O[C@@H]2C[C@@H](C)/C=C\C(=O)[C@](C)(O)C[C@@H](OC(=O)CC(C)C)[C@@H]12. The molecule has 0 amide bonds. The number of allylic oxidation sites excluding steroid dienone is 1. The molecule has 144 valence electrons. The molecule has 0 aromatic rings. The summed E-state index contributed by atoms with van der Waals surface area (Å²) in [7, 11) is 0. The fraction of sp³-hybridized carbons (Fsp3) is 0.650. The van der Waals surface area contributed by atoms with Gasteiger partial charge in [0.05, 0.1) is 5.92 Å². The van der Waals surface area contributed by atoms with Crippen molar-refractivity contribution in [2.45, 2.75) is 64.8 Å². The van der Waals surface area contributed by atoms with Crippen LogP contribution in [0.2, 0.25) is 0 Å². The highest BCUT2D eigenvalue weighted by Gasteiger charge is 2.48. The average Bonchev–Trinajstić information content (AvgIpc) is 2.76. The lowest BCUT2D eigenvalue weighted by Crippen LogP contribution is -2.44. The van der Waals surface area contributed by atoms with E-state index in [2.05, 4.69) is 6.58 Å². The van der Waals surface area contributed by atoms with Crippen LogP contribution in [0.1, 0.15) is 47.0 Å². The van der Waals surface area contributed by atoms with Gasteiger partial charge in [-0.25, -0.2) is 4.79 Å². The van der Waals surface area contributed by atoms with Crippen LogP contribution < -0.4 is 0 Å². The molecule has 2 aliphatic rings. The highest BCUT2D eigenvalue weighted by molar-refractivity contribution is 5.96.